The van der Waals surface area contributed by atoms with Gasteiger partial charge in [0.2, 0.25) is 15.9 Å². The number of halogens is 1. The van der Waals surface area contributed by atoms with E-state index in [2.05, 4.69) is 19.2 Å². The highest BCUT2D eigenvalue weighted by atomic mass is 32.2. The van der Waals surface area contributed by atoms with E-state index in [0.29, 0.717) is 12.3 Å². The van der Waals surface area contributed by atoms with E-state index < -0.39 is 28.3 Å². The zero-order valence-corrected chi connectivity index (χ0v) is 16.5. The molecule has 0 unspecified atom stereocenters. The van der Waals surface area contributed by atoms with Crippen molar-refractivity contribution in [2.45, 2.75) is 26.3 Å². The molecule has 0 aliphatic rings. The van der Waals surface area contributed by atoms with Crippen molar-refractivity contribution < 1.29 is 17.6 Å². The van der Waals surface area contributed by atoms with Crippen LogP contribution >= 0.6 is 0 Å². The number of hydrogen-bond acceptors (Lipinski definition) is 3. The van der Waals surface area contributed by atoms with Gasteiger partial charge in [0.05, 0.1) is 18.0 Å². The lowest BCUT2D eigenvalue weighted by Crippen LogP contribution is -2.41. The number of benzene rings is 2. The summed E-state index contributed by atoms with van der Waals surface area (Å²) in [6, 6.07) is 14.5. The maximum atomic E-state index is 13.5. The predicted octanol–water partition coefficient (Wildman–Crippen LogP) is 3.50. The van der Waals surface area contributed by atoms with E-state index in [1.165, 1.54) is 18.2 Å². The Morgan fingerprint density at radius 1 is 1.11 bits per heavy atom. The molecule has 0 aromatic heterocycles. The molecule has 2 aromatic rings. The number of hydrogen-bond donors (Lipinski definition) is 1. The van der Waals surface area contributed by atoms with Gasteiger partial charge in [-0.1, -0.05) is 50.2 Å². The molecule has 1 N–H and O–H groups in total. The van der Waals surface area contributed by atoms with E-state index in [1.807, 2.05) is 30.3 Å². The van der Waals surface area contributed by atoms with E-state index in [4.69, 9.17) is 0 Å². The van der Waals surface area contributed by atoms with E-state index >= 15 is 0 Å². The van der Waals surface area contributed by atoms with Gasteiger partial charge in [-0.25, -0.2) is 12.8 Å². The molecule has 0 radical (unpaired) electrons. The standard InChI is InChI=1S/C20H25FN2O3S/c1-15(2)12-19(16-8-5-4-6-9-16)22-20(24)14-23(27(3,25)26)18-11-7-10-17(21)13-18/h4-11,13,15,19H,12,14H2,1-3H3,(H,22,24)/t19-/m1/s1. The Kier molecular flexibility index (Phi) is 6.96. The minimum Gasteiger partial charge on any atom is -0.348 e. The third kappa shape index (κ3) is 6.36. The summed E-state index contributed by atoms with van der Waals surface area (Å²) in [7, 11) is -3.75. The Bertz CT molecular complexity index is 870. The largest absolute Gasteiger partial charge is 0.348 e. The van der Waals surface area contributed by atoms with E-state index in [-0.39, 0.29) is 11.7 Å². The lowest BCUT2D eigenvalue weighted by Gasteiger charge is -2.25. The predicted molar refractivity (Wildman–Crippen MR) is 105 cm³/mol. The van der Waals surface area contributed by atoms with Crippen molar-refractivity contribution in [1.29, 1.82) is 0 Å². The summed E-state index contributed by atoms with van der Waals surface area (Å²) in [6.45, 7) is 3.69. The fourth-order valence-corrected chi connectivity index (χ4v) is 3.69. The molecule has 2 rings (SSSR count). The topological polar surface area (TPSA) is 66.5 Å². The Labute approximate surface area is 160 Å². The molecule has 1 amide bonds. The van der Waals surface area contributed by atoms with E-state index in [1.54, 1.807) is 0 Å². The average Bonchev–Trinajstić information content (AvgIpc) is 2.58. The molecule has 1 atom stereocenters. The number of sulfonamides is 1. The maximum absolute atomic E-state index is 13.5. The summed E-state index contributed by atoms with van der Waals surface area (Å²) >= 11 is 0. The van der Waals surface area contributed by atoms with Gasteiger partial charge in [0.15, 0.2) is 0 Å². The summed E-state index contributed by atoms with van der Waals surface area (Å²) in [5.41, 5.74) is 1.07. The molecule has 7 heteroatoms. The quantitative estimate of drug-likeness (QED) is 0.748. The Hall–Kier alpha value is -2.41. The van der Waals surface area contributed by atoms with Crippen LogP contribution < -0.4 is 9.62 Å². The first-order valence-corrected chi connectivity index (χ1v) is 10.6. The first-order valence-electron chi connectivity index (χ1n) is 8.74. The van der Waals surface area contributed by atoms with E-state index in [0.717, 1.165) is 22.2 Å². The highest BCUT2D eigenvalue weighted by molar-refractivity contribution is 7.92. The highest BCUT2D eigenvalue weighted by Gasteiger charge is 2.23. The molecule has 0 aliphatic heterocycles. The van der Waals surface area contributed by atoms with Crippen LogP contribution in [0.5, 0.6) is 0 Å². The first-order chi connectivity index (χ1) is 12.7. The fourth-order valence-electron chi connectivity index (χ4n) is 2.84. The fraction of sp³-hybridized carbons (Fsp3) is 0.350. The van der Waals surface area contributed by atoms with Crippen molar-refractivity contribution in [2.75, 3.05) is 17.1 Å². The minimum absolute atomic E-state index is 0.118. The smallest absolute Gasteiger partial charge is 0.241 e. The molecule has 27 heavy (non-hydrogen) atoms. The molecule has 0 saturated carbocycles. The number of rotatable bonds is 8. The van der Waals surface area contributed by atoms with Crippen LogP contribution in [0.4, 0.5) is 10.1 Å². The average molecular weight is 392 g/mol. The van der Waals surface area contributed by atoms with Crippen LogP contribution in [-0.4, -0.2) is 27.1 Å². The van der Waals surface area contributed by atoms with Crippen LogP contribution in [0, 0.1) is 11.7 Å². The molecular weight excluding hydrogens is 367 g/mol. The van der Waals surface area contributed by atoms with Crippen LogP contribution in [0.1, 0.15) is 31.9 Å². The number of nitrogens with one attached hydrogen (secondary N) is 1. The zero-order chi connectivity index (χ0) is 20.0. The van der Waals surface area contributed by atoms with Crippen molar-refractivity contribution in [3.8, 4) is 0 Å². The second-order valence-corrected chi connectivity index (χ2v) is 8.82. The molecular formula is C20H25FN2O3S. The number of carbonyl (C=O) groups excluding carboxylic acids is 1. The number of amides is 1. The normalized spacial score (nSPS) is 12.6. The van der Waals surface area contributed by atoms with Crippen molar-refractivity contribution in [3.05, 3.63) is 66.0 Å². The molecule has 0 spiro atoms. The van der Waals surface area contributed by atoms with Crippen molar-refractivity contribution in [3.63, 3.8) is 0 Å². The minimum atomic E-state index is -3.75. The Balaban J connectivity index is 2.21. The van der Waals surface area contributed by atoms with Crippen molar-refractivity contribution >= 4 is 21.6 Å². The lowest BCUT2D eigenvalue weighted by atomic mass is 9.97. The first kappa shape index (κ1) is 20.9. The second-order valence-electron chi connectivity index (χ2n) is 6.91. The van der Waals surface area contributed by atoms with Crippen LogP contribution in [0.15, 0.2) is 54.6 Å². The summed E-state index contributed by atoms with van der Waals surface area (Å²) in [5.74, 6) is -0.674. The van der Waals surface area contributed by atoms with Gasteiger partial charge >= 0.3 is 0 Å². The lowest BCUT2D eigenvalue weighted by molar-refractivity contribution is -0.120. The third-order valence-corrected chi connectivity index (χ3v) is 5.17. The van der Waals surface area contributed by atoms with Gasteiger partial charge in [-0.2, -0.15) is 0 Å². The molecule has 0 bridgehead atoms. The van der Waals surface area contributed by atoms with E-state index in [9.17, 15) is 17.6 Å². The Morgan fingerprint density at radius 3 is 2.33 bits per heavy atom. The summed E-state index contributed by atoms with van der Waals surface area (Å²) in [5, 5.41) is 2.91. The Morgan fingerprint density at radius 2 is 1.78 bits per heavy atom. The summed E-state index contributed by atoms with van der Waals surface area (Å²) in [4.78, 5) is 12.6. The molecule has 146 valence electrons. The maximum Gasteiger partial charge on any atom is 0.241 e. The van der Waals surface area contributed by atoms with Gasteiger partial charge in [0.25, 0.3) is 0 Å². The molecule has 2 aromatic carbocycles. The van der Waals surface area contributed by atoms with Gasteiger partial charge in [-0.3, -0.25) is 9.10 Å². The molecule has 0 saturated heterocycles. The van der Waals surface area contributed by atoms with Gasteiger partial charge in [-0.15, -0.1) is 0 Å². The summed E-state index contributed by atoms with van der Waals surface area (Å²) in [6.07, 6.45) is 1.71. The van der Waals surface area contributed by atoms with Gasteiger partial charge in [-0.05, 0) is 36.1 Å². The van der Waals surface area contributed by atoms with Crippen LogP contribution in [0.3, 0.4) is 0 Å². The molecule has 0 fully saturated rings. The third-order valence-electron chi connectivity index (χ3n) is 4.03. The number of nitrogens with zero attached hydrogens (tertiary/aromatic N) is 1. The van der Waals surface area contributed by atoms with Crippen LogP contribution in [0.2, 0.25) is 0 Å². The van der Waals surface area contributed by atoms with Gasteiger partial charge in [0.1, 0.15) is 12.4 Å². The van der Waals surface area contributed by atoms with Crippen LogP contribution in [0.25, 0.3) is 0 Å². The highest BCUT2D eigenvalue weighted by Crippen LogP contribution is 2.22. The number of anilines is 1. The van der Waals surface area contributed by atoms with Gasteiger partial charge < -0.3 is 5.32 Å². The van der Waals surface area contributed by atoms with Crippen molar-refractivity contribution in [1.82, 2.24) is 5.32 Å². The second kappa shape index (κ2) is 8.99. The SMILES string of the molecule is CC(C)C[C@@H](NC(=O)CN(c1cccc(F)c1)S(C)(=O)=O)c1ccccc1. The number of carbonyl (C=O) groups is 1. The monoisotopic (exact) mass is 392 g/mol. The van der Waals surface area contributed by atoms with Gasteiger partial charge in [0, 0.05) is 0 Å². The molecule has 0 heterocycles. The zero-order valence-electron chi connectivity index (χ0n) is 15.7. The summed E-state index contributed by atoms with van der Waals surface area (Å²) < 4.78 is 38.7. The molecule has 0 aliphatic carbocycles. The van der Waals surface area contributed by atoms with Crippen LogP contribution in [-0.2, 0) is 14.8 Å². The van der Waals surface area contributed by atoms with Crippen molar-refractivity contribution in [2.24, 2.45) is 5.92 Å². The molecule has 5 nitrogen and oxygen atoms in total.